The van der Waals surface area contributed by atoms with E-state index in [2.05, 4.69) is 19.6 Å². The molecule has 0 aromatic rings. The maximum Gasteiger partial charge on any atom is 0.314 e. The van der Waals surface area contributed by atoms with Gasteiger partial charge >= 0.3 is 5.97 Å². The lowest BCUT2D eigenvalue weighted by Gasteiger charge is -2.27. The number of esters is 1. The number of hydrogen-bond donors (Lipinski definition) is 0. The van der Waals surface area contributed by atoms with E-state index in [9.17, 15) is 4.79 Å². The van der Waals surface area contributed by atoms with Crippen LogP contribution >= 0.6 is 0 Å². The van der Waals surface area contributed by atoms with Gasteiger partial charge in [-0.15, -0.1) is 0 Å². The normalized spacial score (nSPS) is 25.1. The Bertz CT molecular complexity index is 336. The van der Waals surface area contributed by atoms with Gasteiger partial charge in [0.05, 0.1) is 26.9 Å². The highest BCUT2D eigenvalue weighted by atomic mass is 28.3. The molecule has 0 aromatic heterocycles. The van der Waals surface area contributed by atoms with E-state index in [1.54, 1.807) is 0 Å². The second kappa shape index (κ2) is 6.16. The summed E-state index contributed by atoms with van der Waals surface area (Å²) in [5.41, 5.74) is 0.152. The van der Waals surface area contributed by atoms with E-state index in [-0.39, 0.29) is 29.6 Å². The highest BCUT2D eigenvalue weighted by molar-refractivity contribution is 6.79. The van der Waals surface area contributed by atoms with E-state index in [4.69, 9.17) is 14.2 Å². The van der Waals surface area contributed by atoms with Crippen LogP contribution < -0.4 is 0 Å². The molecule has 1 saturated carbocycles. The minimum atomic E-state index is -1.60. The zero-order valence-corrected chi connectivity index (χ0v) is 15.1. The molecule has 0 spiro atoms. The fourth-order valence-electron chi connectivity index (χ4n) is 3.04. The molecular formula is C15H30O4Si. The molecule has 118 valence electrons. The first-order valence-electron chi connectivity index (χ1n) is 7.58. The fourth-order valence-corrected chi connectivity index (χ4v) is 5.83. The van der Waals surface area contributed by atoms with Crippen molar-refractivity contribution in [2.24, 2.45) is 5.92 Å². The van der Waals surface area contributed by atoms with E-state index >= 15 is 0 Å². The van der Waals surface area contributed by atoms with Crippen LogP contribution in [0, 0.1) is 5.92 Å². The van der Waals surface area contributed by atoms with Crippen LogP contribution in [0.1, 0.15) is 34.6 Å². The molecule has 0 radical (unpaired) electrons. The van der Waals surface area contributed by atoms with Crippen LogP contribution in [-0.2, 0) is 19.0 Å². The van der Waals surface area contributed by atoms with Gasteiger partial charge in [0.25, 0.3) is 0 Å². The van der Waals surface area contributed by atoms with E-state index in [1.165, 1.54) is 0 Å². The minimum Gasteiger partial charge on any atom is -0.466 e. The van der Waals surface area contributed by atoms with Crippen molar-refractivity contribution in [3.63, 3.8) is 0 Å². The Morgan fingerprint density at radius 2 is 1.55 bits per heavy atom. The number of carbonyl (C=O) groups is 1. The Balaban J connectivity index is 3.07. The van der Waals surface area contributed by atoms with Gasteiger partial charge in [-0.1, -0.05) is 19.6 Å². The predicted molar refractivity (Wildman–Crippen MR) is 82.4 cm³/mol. The van der Waals surface area contributed by atoms with Crippen LogP contribution in [0.25, 0.3) is 0 Å². The fraction of sp³-hybridized carbons (Fsp3) is 0.933. The molecule has 0 aliphatic heterocycles. The van der Waals surface area contributed by atoms with Gasteiger partial charge in [0, 0.05) is 5.54 Å². The predicted octanol–water partition coefficient (Wildman–Crippen LogP) is 3.43. The molecule has 0 heterocycles. The van der Waals surface area contributed by atoms with Crippen molar-refractivity contribution in [1.82, 2.24) is 0 Å². The van der Waals surface area contributed by atoms with Gasteiger partial charge in [-0.05, 0) is 34.6 Å². The summed E-state index contributed by atoms with van der Waals surface area (Å²) in [4.78, 5) is 12.3. The van der Waals surface area contributed by atoms with Crippen molar-refractivity contribution >= 4 is 14.0 Å². The Labute approximate surface area is 124 Å². The zero-order chi connectivity index (χ0) is 15.7. The summed E-state index contributed by atoms with van der Waals surface area (Å²) in [6, 6.07) is 0. The highest BCUT2D eigenvalue weighted by Crippen LogP contribution is 2.65. The molecule has 5 heteroatoms. The summed E-state index contributed by atoms with van der Waals surface area (Å²) in [6.45, 7) is 16.9. The van der Waals surface area contributed by atoms with Crippen molar-refractivity contribution in [3.05, 3.63) is 0 Å². The Hall–Kier alpha value is -0.393. The van der Waals surface area contributed by atoms with Gasteiger partial charge in [-0.25, -0.2) is 0 Å². The van der Waals surface area contributed by atoms with Crippen molar-refractivity contribution in [1.29, 1.82) is 0 Å². The molecule has 0 unspecified atom stereocenters. The molecule has 1 rings (SSSR count). The van der Waals surface area contributed by atoms with Gasteiger partial charge < -0.3 is 14.2 Å². The number of ether oxygens (including phenoxy) is 3. The second-order valence-corrected chi connectivity index (χ2v) is 12.5. The second-order valence-electron chi connectivity index (χ2n) is 7.13. The molecular weight excluding hydrogens is 272 g/mol. The van der Waals surface area contributed by atoms with Gasteiger partial charge in [-0.3, -0.25) is 4.79 Å². The minimum absolute atomic E-state index is 0.0204. The molecule has 1 aliphatic carbocycles. The summed E-state index contributed by atoms with van der Waals surface area (Å²) < 4.78 is 17.4. The number of hydrogen-bond acceptors (Lipinski definition) is 4. The summed E-state index contributed by atoms with van der Waals surface area (Å²) in [5.74, 6) is -1.24. The van der Waals surface area contributed by atoms with Crippen molar-refractivity contribution in [2.45, 2.75) is 77.8 Å². The Kier molecular flexibility index (Phi) is 5.44. The smallest absolute Gasteiger partial charge is 0.314 e. The lowest BCUT2D eigenvalue weighted by atomic mass is 10.3. The Morgan fingerprint density at radius 3 is 1.85 bits per heavy atom. The molecule has 0 aromatic carbocycles. The van der Waals surface area contributed by atoms with Crippen LogP contribution in [0.15, 0.2) is 0 Å². The summed E-state index contributed by atoms with van der Waals surface area (Å²) in [6.07, 6.45) is 0.0408. The standard InChI is InChI=1S/C15H30O4Si/c1-9-17-14(16)12-13(20(6,7)8)15(12,18-10(2)3)19-11(4)5/h10-13H,9H2,1-8H3/t12-,13+/m0/s1. The van der Waals surface area contributed by atoms with E-state index < -0.39 is 13.9 Å². The molecule has 2 atom stereocenters. The van der Waals surface area contributed by atoms with Gasteiger partial charge in [-0.2, -0.15) is 0 Å². The first-order chi connectivity index (χ1) is 9.06. The average molecular weight is 302 g/mol. The van der Waals surface area contributed by atoms with Crippen LogP contribution in [-0.4, -0.2) is 38.6 Å². The molecule has 4 nitrogen and oxygen atoms in total. The van der Waals surface area contributed by atoms with Gasteiger partial charge in [0.1, 0.15) is 5.92 Å². The molecule has 1 fully saturated rings. The molecule has 0 bridgehead atoms. The first-order valence-corrected chi connectivity index (χ1v) is 11.2. The van der Waals surface area contributed by atoms with Crippen molar-refractivity contribution in [3.8, 4) is 0 Å². The van der Waals surface area contributed by atoms with Crippen LogP contribution in [0.2, 0.25) is 25.2 Å². The van der Waals surface area contributed by atoms with Crippen molar-refractivity contribution < 1.29 is 19.0 Å². The Morgan fingerprint density at radius 1 is 1.10 bits per heavy atom. The maximum atomic E-state index is 12.3. The lowest BCUT2D eigenvalue weighted by molar-refractivity contribution is -0.216. The number of rotatable bonds is 7. The monoisotopic (exact) mass is 302 g/mol. The first kappa shape index (κ1) is 17.7. The largest absolute Gasteiger partial charge is 0.466 e. The SMILES string of the molecule is CCOC(=O)[C@@H]1[C@@H]([Si](C)(C)C)C1(OC(C)C)OC(C)C. The highest BCUT2D eigenvalue weighted by Gasteiger charge is 2.76. The van der Waals surface area contributed by atoms with Gasteiger partial charge in [0.2, 0.25) is 0 Å². The number of carbonyl (C=O) groups excluding carboxylic acids is 1. The van der Waals surface area contributed by atoms with Crippen molar-refractivity contribution in [2.75, 3.05) is 6.61 Å². The molecule has 0 saturated heterocycles. The lowest BCUT2D eigenvalue weighted by Crippen LogP contribution is -2.35. The maximum absolute atomic E-state index is 12.3. The topological polar surface area (TPSA) is 44.8 Å². The third kappa shape index (κ3) is 3.62. The average Bonchev–Trinajstić information content (AvgIpc) is 2.83. The van der Waals surface area contributed by atoms with E-state index in [1.807, 2.05) is 34.6 Å². The third-order valence-electron chi connectivity index (χ3n) is 3.40. The molecule has 0 amide bonds. The molecule has 0 N–H and O–H groups in total. The summed E-state index contributed by atoms with van der Waals surface area (Å²) >= 11 is 0. The van der Waals surface area contributed by atoms with Crippen LogP contribution in [0.5, 0.6) is 0 Å². The van der Waals surface area contributed by atoms with Crippen LogP contribution in [0.3, 0.4) is 0 Å². The quantitative estimate of drug-likeness (QED) is 0.410. The van der Waals surface area contributed by atoms with E-state index in [0.29, 0.717) is 6.61 Å². The molecule has 1 aliphatic rings. The third-order valence-corrected chi connectivity index (χ3v) is 6.01. The molecule has 20 heavy (non-hydrogen) atoms. The van der Waals surface area contributed by atoms with Crippen LogP contribution in [0.4, 0.5) is 0 Å². The summed E-state index contributed by atoms with van der Waals surface area (Å²) in [7, 11) is -1.60. The zero-order valence-electron chi connectivity index (χ0n) is 14.1. The van der Waals surface area contributed by atoms with Gasteiger partial charge in [0.15, 0.2) is 5.79 Å². The van der Waals surface area contributed by atoms with E-state index in [0.717, 1.165) is 0 Å². The summed E-state index contributed by atoms with van der Waals surface area (Å²) in [5, 5.41) is 0.